The fourth-order valence-electron chi connectivity index (χ4n) is 4.40. The first-order valence-corrected chi connectivity index (χ1v) is 10.5. The molecule has 0 saturated carbocycles. The topological polar surface area (TPSA) is 34.3 Å². The van der Waals surface area contributed by atoms with E-state index in [-0.39, 0.29) is 0 Å². The Morgan fingerprint density at radius 1 is 1.00 bits per heavy atom. The summed E-state index contributed by atoms with van der Waals surface area (Å²) < 4.78 is 8.48. The minimum Gasteiger partial charge on any atom is -0.455 e. The lowest BCUT2D eigenvalue weighted by molar-refractivity contribution is -0.662. The van der Waals surface area contributed by atoms with Crippen LogP contribution in [0.1, 0.15) is 36.5 Å². The van der Waals surface area contributed by atoms with Crippen LogP contribution in [0.4, 0.5) is 5.69 Å². The van der Waals surface area contributed by atoms with Crippen LogP contribution in [-0.4, -0.2) is 4.98 Å². The van der Waals surface area contributed by atoms with Gasteiger partial charge in [0.2, 0.25) is 0 Å². The molecule has 0 aliphatic heterocycles. The van der Waals surface area contributed by atoms with Crippen LogP contribution in [0.25, 0.3) is 48.9 Å². The molecule has 31 heavy (non-hydrogen) atoms. The van der Waals surface area contributed by atoms with Crippen LogP contribution in [0.3, 0.4) is 0 Å². The molecule has 5 aromatic rings. The molecule has 152 valence electrons. The van der Waals surface area contributed by atoms with Gasteiger partial charge in [-0.1, -0.05) is 26.0 Å². The van der Waals surface area contributed by atoms with E-state index < -0.39 is 0 Å². The molecule has 2 aromatic heterocycles. The number of hydrogen-bond acceptors (Lipinski definition) is 2. The highest BCUT2D eigenvalue weighted by Gasteiger charge is 2.24. The van der Waals surface area contributed by atoms with Crippen molar-refractivity contribution < 1.29 is 8.98 Å². The maximum Gasteiger partial charge on any atom is 0.287 e. The molecule has 4 nitrogen and oxygen atoms in total. The standard InChI is InChI=1S/C27H24N3O/c1-15(2)18-7-9-20-23(12-18)29-14-30(6)26(20)25-17(4)16(3)11-22-21-13-19(28-5)8-10-24(21)31-27(22)25/h7-15H,1-4,6H3/q+1. The second-order valence-corrected chi connectivity index (χ2v) is 8.60. The number of hydrogen-bond donors (Lipinski definition) is 0. The van der Waals surface area contributed by atoms with Gasteiger partial charge in [0.05, 0.1) is 24.6 Å². The van der Waals surface area contributed by atoms with E-state index in [0.29, 0.717) is 11.6 Å². The fraction of sp³-hybridized carbons (Fsp3) is 0.222. The lowest BCUT2D eigenvalue weighted by Crippen LogP contribution is -2.32. The van der Waals surface area contributed by atoms with Gasteiger partial charge in [-0.25, -0.2) is 9.41 Å². The van der Waals surface area contributed by atoms with Gasteiger partial charge in [-0.3, -0.25) is 0 Å². The molecule has 0 amide bonds. The highest BCUT2D eigenvalue weighted by molar-refractivity contribution is 6.12. The van der Waals surface area contributed by atoms with Crippen LogP contribution in [0.5, 0.6) is 0 Å². The van der Waals surface area contributed by atoms with Gasteiger partial charge in [0, 0.05) is 10.8 Å². The van der Waals surface area contributed by atoms with Crippen molar-refractivity contribution >= 4 is 38.5 Å². The minimum atomic E-state index is 0.447. The van der Waals surface area contributed by atoms with Gasteiger partial charge in [0.25, 0.3) is 6.33 Å². The maximum absolute atomic E-state index is 7.38. The minimum absolute atomic E-state index is 0.447. The molecule has 0 bridgehead atoms. The average Bonchev–Trinajstić information content (AvgIpc) is 3.12. The SMILES string of the molecule is [C-]#[N+]c1ccc2oc3c(-c4c5ccc(C(C)C)cc5nc[n+]4C)c(C)c(C)cc3c2c1. The van der Waals surface area contributed by atoms with Crippen molar-refractivity contribution in [3.63, 3.8) is 0 Å². The summed E-state index contributed by atoms with van der Waals surface area (Å²) in [4.78, 5) is 8.31. The van der Waals surface area contributed by atoms with E-state index in [0.717, 1.165) is 44.1 Å². The summed E-state index contributed by atoms with van der Waals surface area (Å²) in [5.74, 6) is 0.447. The Balaban J connectivity index is 1.93. The number of aromatic nitrogens is 2. The van der Waals surface area contributed by atoms with Crippen molar-refractivity contribution in [3.8, 4) is 11.3 Å². The van der Waals surface area contributed by atoms with E-state index >= 15 is 0 Å². The van der Waals surface area contributed by atoms with Crippen molar-refractivity contribution in [1.29, 1.82) is 0 Å². The average molecular weight is 407 g/mol. The largest absolute Gasteiger partial charge is 0.455 e. The van der Waals surface area contributed by atoms with Gasteiger partial charge in [-0.2, -0.15) is 0 Å². The summed E-state index contributed by atoms with van der Waals surface area (Å²) >= 11 is 0. The van der Waals surface area contributed by atoms with Gasteiger partial charge in [0.15, 0.2) is 11.2 Å². The third-order valence-electron chi connectivity index (χ3n) is 6.30. The van der Waals surface area contributed by atoms with Crippen LogP contribution in [0.15, 0.2) is 53.2 Å². The molecule has 5 rings (SSSR count). The Labute approximate surface area is 181 Å². The Bertz CT molecular complexity index is 1550. The summed E-state index contributed by atoms with van der Waals surface area (Å²) in [6.07, 6.45) is 1.88. The van der Waals surface area contributed by atoms with Crippen LogP contribution in [0.2, 0.25) is 0 Å². The summed E-state index contributed by atoms with van der Waals surface area (Å²) in [6, 6.07) is 14.4. The summed E-state index contributed by atoms with van der Waals surface area (Å²) in [5, 5.41) is 3.13. The van der Waals surface area contributed by atoms with E-state index in [1.807, 2.05) is 31.6 Å². The van der Waals surface area contributed by atoms with Crippen LogP contribution in [-0.2, 0) is 7.05 Å². The third-order valence-corrected chi connectivity index (χ3v) is 6.30. The number of fused-ring (bicyclic) bond motifs is 4. The normalized spacial score (nSPS) is 11.6. The Kier molecular flexibility index (Phi) is 4.30. The lowest BCUT2D eigenvalue weighted by Gasteiger charge is -2.13. The Hall–Kier alpha value is -3.71. The van der Waals surface area contributed by atoms with Gasteiger partial charge in [-0.05, 0) is 71.8 Å². The van der Waals surface area contributed by atoms with E-state index in [1.54, 1.807) is 0 Å². The van der Waals surface area contributed by atoms with E-state index in [1.165, 1.54) is 16.7 Å². The molecule has 0 radical (unpaired) electrons. The first kappa shape index (κ1) is 19.3. The smallest absolute Gasteiger partial charge is 0.287 e. The zero-order chi connectivity index (χ0) is 21.9. The zero-order valence-corrected chi connectivity index (χ0v) is 18.4. The molecule has 4 heteroatoms. The molecule has 0 spiro atoms. The van der Waals surface area contributed by atoms with Crippen molar-refractivity contribution in [2.75, 3.05) is 0 Å². The summed E-state index contributed by atoms with van der Waals surface area (Å²) in [7, 11) is 2.03. The zero-order valence-electron chi connectivity index (χ0n) is 18.4. The number of furan rings is 1. The lowest BCUT2D eigenvalue weighted by atomic mass is 9.93. The highest BCUT2D eigenvalue weighted by Crippen LogP contribution is 2.41. The quantitative estimate of drug-likeness (QED) is 0.236. The van der Waals surface area contributed by atoms with E-state index in [4.69, 9.17) is 16.0 Å². The first-order valence-electron chi connectivity index (χ1n) is 10.5. The molecule has 0 atom stereocenters. The molecule has 0 aliphatic rings. The van der Waals surface area contributed by atoms with Gasteiger partial charge in [0.1, 0.15) is 16.9 Å². The van der Waals surface area contributed by atoms with Crippen LogP contribution >= 0.6 is 0 Å². The van der Waals surface area contributed by atoms with Crippen molar-refractivity contribution in [2.24, 2.45) is 7.05 Å². The van der Waals surface area contributed by atoms with Gasteiger partial charge < -0.3 is 4.42 Å². The molecule has 3 aromatic carbocycles. The fourth-order valence-corrected chi connectivity index (χ4v) is 4.40. The monoisotopic (exact) mass is 406 g/mol. The van der Waals surface area contributed by atoms with Crippen LogP contribution in [0, 0.1) is 20.4 Å². The van der Waals surface area contributed by atoms with E-state index in [2.05, 4.69) is 61.4 Å². The van der Waals surface area contributed by atoms with Gasteiger partial charge in [-0.15, -0.1) is 0 Å². The van der Waals surface area contributed by atoms with Gasteiger partial charge >= 0.3 is 0 Å². The molecule has 2 heterocycles. The molecular formula is C27H24N3O+. The second-order valence-electron chi connectivity index (χ2n) is 8.60. The molecule has 0 saturated heterocycles. The first-order chi connectivity index (χ1) is 14.9. The molecule has 0 N–H and O–H groups in total. The Morgan fingerprint density at radius 3 is 2.55 bits per heavy atom. The van der Waals surface area contributed by atoms with Crippen molar-refractivity contribution in [3.05, 3.63) is 76.9 Å². The number of rotatable bonds is 2. The number of benzene rings is 3. The summed E-state index contributed by atoms with van der Waals surface area (Å²) in [5.41, 5.74) is 9.11. The third kappa shape index (κ3) is 2.89. The van der Waals surface area contributed by atoms with Crippen LogP contribution < -0.4 is 4.57 Å². The summed E-state index contributed by atoms with van der Waals surface area (Å²) in [6.45, 7) is 16.1. The maximum atomic E-state index is 7.38. The highest BCUT2D eigenvalue weighted by atomic mass is 16.3. The van der Waals surface area contributed by atoms with Crippen molar-refractivity contribution in [2.45, 2.75) is 33.6 Å². The second kappa shape index (κ2) is 6.92. The number of aryl methyl sites for hydroxylation is 2. The van der Waals surface area contributed by atoms with E-state index in [9.17, 15) is 0 Å². The van der Waals surface area contributed by atoms with Crippen molar-refractivity contribution in [1.82, 2.24) is 4.98 Å². The molecule has 0 aliphatic carbocycles. The Morgan fingerprint density at radius 2 is 1.81 bits per heavy atom. The number of nitrogens with zero attached hydrogens (tertiary/aromatic N) is 3. The molecule has 0 fully saturated rings. The predicted octanol–water partition coefficient (Wildman–Crippen LogP) is 6.92. The molecule has 0 unspecified atom stereocenters. The predicted molar refractivity (Wildman–Crippen MR) is 125 cm³/mol. The molecular weight excluding hydrogens is 382 g/mol.